The van der Waals surface area contributed by atoms with E-state index in [1.807, 2.05) is 54.6 Å². The highest BCUT2D eigenvalue weighted by Crippen LogP contribution is 2.35. The molecule has 0 amide bonds. The van der Waals surface area contributed by atoms with Crippen LogP contribution in [-0.4, -0.2) is 43.4 Å². The molecule has 2 unspecified atom stereocenters. The SMILES string of the molecule is CCN(CC)CCOc1ccc(C(Cc2ccc(OC)cc2)C(O)c2ccccc2)cc1. The van der Waals surface area contributed by atoms with Gasteiger partial charge in [0.1, 0.15) is 18.1 Å². The zero-order chi connectivity index (χ0) is 22.8. The van der Waals surface area contributed by atoms with Gasteiger partial charge in [-0.25, -0.2) is 0 Å². The summed E-state index contributed by atoms with van der Waals surface area (Å²) in [6, 6.07) is 26.1. The lowest BCUT2D eigenvalue weighted by Gasteiger charge is -2.24. The topological polar surface area (TPSA) is 41.9 Å². The van der Waals surface area contributed by atoms with Gasteiger partial charge in [0, 0.05) is 12.5 Å². The van der Waals surface area contributed by atoms with Crippen molar-refractivity contribution >= 4 is 0 Å². The predicted molar refractivity (Wildman–Crippen MR) is 131 cm³/mol. The van der Waals surface area contributed by atoms with Crippen molar-refractivity contribution in [3.63, 3.8) is 0 Å². The van der Waals surface area contributed by atoms with Crippen LogP contribution in [0.1, 0.15) is 42.6 Å². The van der Waals surface area contributed by atoms with Crippen molar-refractivity contribution in [1.29, 1.82) is 0 Å². The van der Waals surface area contributed by atoms with Crippen molar-refractivity contribution in [2.24, 2.45) is 0 Å². The number of methoxy groups -OCH3 is 1. The Bertz CT molecular complexity index is 906. The fourth-order valence-corrected chi connectivity index (χ4v) is 3.95. The minimum absolute atomic E-state index is 0.0736. The van der Waals surface area contributed by atoms with E-state index in [1.165, 1.54) is 0 Å². The minimum Gasteiger partial charge on any atom is -0.497 e. The van der Waals surface area contributed by atoms with E-state index in [2.05, 4.69) is 43.0 Å². The van der Waals surface area contributed by atoms with Crippen LogP contribution in [0.4, 0.5) is 0 Å². The second-order valence-corrected chi connectivity index (χ2v) is 7.96. The highest BCUT2D eigenvalue weighted by molar-refractivity contribution is 5.35. The van der Waals surface area contributed by atoms with Crippen molar-refractivity contribution in [2.45, 2.75) is 32.3 Å². The molecule has 0 radical (unpaired) electrons. The zero-order valence-electron chi connectivity index (χ0n) is 19.4. The maximum Gasteiger partial charge on any atom is 0.119 e. The molecule has 3 aromatic rings. The molecule has 0 saturated carbocycles. The average molecular weight is 434 g/mol. The van der Waals surface area contributed by atoms with Gasteiger partial charge in [-0.1, -0.05) is 68.4 Å². The monoisotopic (exact) mass is 433 g/mol. The summed E-state index contributed by atoms with van der Waals surface area (Å²) in [5, 5.41) is 11.3. The number of benzene rings is 3. The second kappa shape index (κ2) is 12.3. The molecule has 0 saturated heterocycles. The quantitative estimate of drug-likeness (QED) is 0.411. The van der Waals surface area contributed by atoms with Crippen LogP contribution in [0.15, 0.2) is 78.9 Å². The van der Waals surface area contributed by atoms with Gasteiger partial charge in [-0.2, -0.15) is 0 Å². The van der Waals surface area contributed by atoms with Crippen LogP contribution < -0.4 is 9.47 Å². The van der Waals surface area contributed by atoms with Crippen LogP contribution >= 0.6 is 0 Å². The lowest BCUT2D eigenvalue weighted by atomic mass is 9.84. The smallest absolute Gasteiger partial charge is 0.119 e. The lowest BCUT2D eigenvalue weighted by Crippen LogP contribution is -2.27. The van der Waals surface area contributed by atoms with Gasteiger partial charge < -0.3 is 19.5 Å². The van der Waals surface area contributed by atoms with Gasteiger partial charge in [-0.05, 0) is 60.5 Å². The normalized spacial score (nSPS) is 13.0. The zero-order valence-corrected chi connectivity index (χ0v) is 19.4. The number of aliphatic hydroxyl groups is 1. The molecule has 3 rings (SSSR count). The third-order valence-electron chi connectivity index (χ3n) is 6.02. The van der Waals surface area contributed by atoms with Crippen molar-refractivity contribution in [2.75, 3.05) is 33.4 Å². The third kappa shape index (κ3) is 6.59. The molecule has 0 heterocycles. The molecule has 0 fully saturated rings. The van der Waals surface area contributed by atoms with E-state index >= 15 is 0 Å². The van der Waals surface area contributed by atoms with Gasteiger partial charge in [0.15, 0.2) is 0 Å². The predicted octanol–water partition coefficient (Wildman–Crippen LogP) is 5.48. The Morgan fingerprint density at radius 2 is 1.41 bits per heavy atom. The molecule has 4 nitrogen and oxygen atoms in total. The summed E-state index contributed by atoms with van der Waals surface area (Å²) in [6.07, 6.45) is 0.120. The molecule has 0 aliphatic heterocycles. The van der Waals surface area contributed by atoms with E-state index < -0.39 is 6.10 Å². The van der Waals surface area contributed by atoms with Crippen molar-refractivity contribution in [3.05, 3.63) is 95.6 Å². The number of nitrogens with zero attached hydrogens (tertiary/aromatic N) is 1. The van der Waals surface area contributed by atoms with Gasteiger partial charge >= 0.3 is 0 Å². The standard InChI is InChI=1S/C28H35NO3/c1-4-29(5-2)19-20-32-26-17-13-23(14-18-26)27(28(30)24-9-7-6-8-10-24)21-22-11-15-25(31-3)16-12-22/h6-18,27-28,30H,4-5,19-21H2,1-3H3. The molecule has 0 aliphatic rings. The fraction of sp³-hybridized carbons (Fsp3) is 0.357. The van der Waals surface area contributed by atoms with Gasteiger partial charge in [0.25, 0.3) is 0 Å². The Labute approximate surface area is 192 Å². The maximum atomic E-state index is 11.3. The summed E-state index contributed by atoms with van der Waals surface area (Å²) in [5.74, 6) is 1.62. The Morgan fingerprint density at radius 3 is 2.00 bits per heavy atom. The largest absolute Gasteiger partial charge is 0.497 e. The molecule has 0 aromatic heterocycles. The van der Waals surface area contributed by atoms with Gasteiger partial charge in [0.05, 0.1) is 13.2 Å². The van der Waals surface area contributed by atoms with E-state index in [9.17, 15) is 5.11 Å². The first-order valence-corrected chi connectivity index (χ1v) is 11.5. The molecule has 2 atom stereocenters. The van der Waals surface area contributed by atoms with Crippen molar-refractivity contribution in [3.8, 4) is 11.5 Å². The van der Waals surface area contributed by atoms with Gasteiger partial charge in [-0.3, -0.25) is 0 Å². The molecule has 0 spiro atoms. The van der Waals surface area contributed by atoms with E-state index in [-0.39, 0.29) is 5.92 Å². The Kier molecular flexibility index (Phi) is 9.14. The third-order valence-corrected chi connectivity index (χ3v) is 6.02. The molecule has 0 aliphatic carbocycles. The first kappa shape index (κ1) is 23.8. The highest BCUT2D eigenvalue weighted by atomic mass is 16.5. The molecule has 170 valence electrons. The van der Waals surface area contributed by atoms with E-state index in [0.29, 0.717) is 6.61 Å². The number of rotatable bonds is 12. The summed E-state index contributed by atoms with van der Waals surface area (Å²) >= 11 is 0. The highest BCUT2D eigenvalue weighted by Gasteiger charge is 2.23. The minimum atomic E-state index is -0.604. The first-order valence-electron chi connectivity index (χ1n) is 11.5. The van der Waals surface area contributed by atoms with Crippen LogP contribution in [0.5, 0.6) is 11.5 Å². The van der Waals surface area contributed by atoms with E-state index in [0.717, 1.165) is 54.2 Å². The fourth-order valence-electron chi connectivity index (χ4n) is 3.95. The van der Waals surface area contributed by atoms with Crippen LogP contribution in [0.3, 0.4) is 0 Å². The Hall–Kier alpha value is -2.82. The molecular formula is C28H35NO3. The van der Waals surface area contributed by atoms with E-state index in [4.69, 9.17) is 9.47 Å². The summed E-state index contributed by atoms with van der Waals surface area (Å²) in [4.78, 5) is 2.34. The number of ether oxygens (including phenoxy) is 2. The van der Waals surface area contributed by atoms with Crippen LogP contribution in [0.25, 0.3) is 0 Å². The number of likely N-dealkylation sites (N-methyl/N-ethyl adjacent to an activating group) is 1. The summed E-state index contributed by atoms with van der Waals surface area (Å²) in [5.41, 5.74) is 3.17. The van der Waals surface area contributed by atoms with Crippen molar-refractivity contribution < 1.29 is 14.6 Å². The number of hydrogen-bond donors (Lipinski definition) is 1. The maximum absolute atomic E-state index is 11.3. The molecular weight excluding hydrogens is 398 g/mol. The van der Waals surface area contributed by atoms with Crippen LogP contribution in [0, 0.1) is 0 Å². The molecule has 3 aromatic carbocycles. The molecule has 32 heavy (non-hydrogen) atoms. The summed E-state index contributed by atoms with van der Waals surface area (Å²) in [6.45, 7) is 7.98. The van der Waals surface area contributed by atoms with Crippen molar-refractivity contribution in [1.82, 2.24) is 4.90 Å². The Balaban J connectivity index is 1.76. The molecule has 0 bridgehead atoms. The van der Waals surface area contributed by atoms with Crippen LogP contribution in [0.2, 0.25) is 0 Å². The number of aliphatic hydroxyl groups excluding tert-OH is 1. The summed E-state index contributed by atoms with van der Waals surface area (Å²) < 4.78 is 11.2. The van der Waals surface area contributed by atoms with Crippen LogP contribution in [-0.2, 0) is 6.42 Å². The van der Waals surface area contributed by atoms with Gasteiger partial charge in [0.2, 0.25) is 0 Å². The van der Waals surface area contributed by atoms with Gasteiger partial charge in [-0.15, -0.1) is 0 Å². The molecule has 1 N–H and O–H groups in total. The first-order chi connectivity index (χ1) is 15.6. The summed E-state index contributed by atoms with van der Waals surface area (Å²) in [7, 11) is 1.67. The second-order valence-electron chi connectivity index (χ2n) is 7.96. The molecule has 4 heteroatoms. The Morgan fingerprint density at radius 1 is 0.781 bits per heavy atom. The number of hydrogen-bond acceptors (Lipinski definition) is 4. The average Bonchev–Trinajstić information content (AvgIpc) is 2.86. The lowest BCUT2D eigenvalue weighted by molar-refractivity contribution is 0.144. The van der Waals surface area contributed by atoms with E-state index in [1.54, 1.807) is 7.11 Å².